The van der Waals surface area contributed by atoms with Crippen molar-refractivity contribution in [2.45, 2.75) is 17.6 Å². The average molecular weight is 325 g/mol. The Bertz CT molecular complexity index is 783. The molecule has 1 nitrogen and oxygen atoms in total. The van der Waals surface area contributed by atoms with Crippen molar-refractivity contribution in [3.8, 4) is 0 Å². The van der Waals surface area contributed by atoms with E-state index in [2.05, 4.69) is 11.1 Å². The largest absolute Gasteiger partial charge is 0.256 e. The lowest BCUT2D eigenvalue weighted by Gasteiger charge is -2.11. The predicted octanol–water partition coefficient (Wildman–Crippen LogP) is 5.60. The highest BCUT2D eigenvalue weighted by Crippen LogP contribution is 2.31. The lowest BCUT2D eigenvalue weighted by molar-refractivity contribution is 1.35. The predicted molar refractivity (Wildman–Crippen MR) is 87.9 cm³/mol. The molecule has 4 heteroatoms. The summed E-state index contributed by atoms with van der Waals surface area (Å²) in [7, 11) is 0. The Hall–Kier alpha value is -1.02. The molecule has 0 saturated heterocycles. The highest BCUT2D eigenvalue weighted by Gasteiger charge is 2.10. The normalized spacial score (nSPS) is 11.3. The quantitative estimate of drug-likeness (QED) is 0.451. The highest BCUT2D eigenvalue weighted by molar-refractivity contribution is 6.21. The maximum absolute atomic E-state index is 6.10. The van der Waals surface area contributed by atoms with Crippen LogP contribution in [0.4, 0.5) is 0 Å². The van der Waals surface area contributed by atoms with E-state index in [0.29, 0.717) is 17.6 Å². The van der Waals surface area contributed by atoms with Gasteiger partial charge in [-0.1, -0.05) is 18.2 Å². The van der Waals surface area contributed by atoms with Gasteiger partial charge in [0.05, 0.1) is 5.52 Å². The molecular formula is C16H12Cl3N. The summed E-state index contributed by atoms with van der Waals surface area (Å²) < 4.78 is 0. The summed E-state index contributed by atoms with van der Waals surface area (Å²) >= 11 is 18.1. The van der Waals surface area contributed by atoms with Crippen LogP contribution in [0.1, 0.15) is 16.7 Å². The number of alkyl halides is 3. The van der Waals surface area contributed by atoms with E-state index in [9.17, 15) is 0 Å². The van der Waals surface area contributed by atoms with Gasteiger partial charge in [0.1, 0.15) is 0 Å². The number of benzene rings is 2. The zero-order valence-electron chi connectivity index (χ0n) is 10.7. The van der Waals surface area contributed by atoms with Gasteiger partial charge in [0, 0.05) is 34.6 Å². The summed E-state index contributed by atoms with van der Waals surface area (Å²) in [6.07, 6.45) is 1.88. The molecule has 2 aromatic carbocycles. The minimum atomic E-state index is 0.460. The van der Waals surface area contributed by atoms with Crippen molar-refractivity contribution >= 4 is 56.5 Å². The second-order valence-corrected chi connectivity index (χ2v) is 5.48. The van der Waals surface area contributed by atoms with Gasteiger partial charge in [-0.3, -0.25) is 4.98 Å². The van der Waals surface area contributed by atoms with Crippen molar-refractivity contribution in [3.63, 3.8) is 0 Å². The van der Waals surface area contributed by atoms with Crippen molar-refractivity contribution in [2.24, 2.45) is 0 Å². The van der Waals surface area contributed by atoms with Crippen molar-refractivity contribution in [2.75, 3.05) is 0 Å². The van der Waals surface area contributed by atoms with Crippen molar-refractivity contribution in [1.82, 2.24) is 4.98 Å². The minimum Gasteiger partial charge on any atom is -0.256 e. The molecule has 1 heterocycles. The van der Waals surface area contributed by atoms with Gasteiger partial charge in [-0.25, -0.2) is 0 Å². The Morgan fingerprint density at radius 2 is 1.55 bits per heavy atom. The van der Waals surface area contributed by atoms with E-state index in [0.717, 1.165) is 38.4 Å². The zero-order valence-corrected chi connectivity index (χ0v) is 12.9. The van der Waals surface area contributed by atoms with Crippen LogP contribution >= 0.6 is 34.8 Å². The van der Waals surface area contributed by atoms with Crippen LogP contribution in [0.3, 0.4) is 0 Å². The van der Waals surface area contributed by atoms with Crippen LogP contribution in [0.25, 0.3) is 21.7 Å². The monoisotopic (exact) mass is 323 g/mol. The number of pyridine rings is 1. The Labute approximate surface area is 132 Å². The fourth-order valence-corrected chi connectivity index (χ4v) is 3.14. The van der Waals surface area contributed by atoms with E-state index in [-0.39, 0.29) is 0 Å². The topological polar surface area (TPSA) is 12.9 Å². The third kappa shape index (κ3) is 2.24. The molecule has 0 N–H and O–H groups in total. The molecule has 1 aromatic heterocycles. The van der Waals surface area contributed by atoms with Crippen LogP contribution in [0.2, 0.25) is 0 Å². The minimum absolute atomic E-state index is 0.460. The molecule has 102 valence electrons. The number of rotatable bonds is 3. The molecular weight excluding hydrogens is 313 g/mol. The van der Waals surface area contributed by atoms with Crippen LogP contribution < -0.4 is 0 Å². The van der Waals surface area contributed by atoms with Gasteiger partial charge in [0.15, 0.2) is 0 Å². The number of halogens is 3. The standard InChI is InChI=1S/C16H12Cl3N/c17-6-10-1-4-15-13(5-10)16-12(8-19)3-2-11(7-18)14(16)9-20-15/h1-5,9H,6-8H2. The molecule has 20 heavy (non-hydrogen) atoms. The SMILES string of the molecule is ClCc1ccc2ncc3c(CCl)ccc(CCl)c3c2c1. The lowest BCUT2D eigenvalue weighted by atomic mass is 9.98. The average Bonchev–Trinajstić information content (AvgIpc) is 2.52. The van der Waals surface area contributed by atoms with Crippen molar-refractivity contribution in [3.05, 3.63) is 53.2 Å². The molecule has 3 rings (SSSR count). The summed E-state index contributed by atoms with van der Waals surface area (Å²) in [6.45, 7) is 0. The van der Waals surface area contributed by atoms with Crippen LogP contribution in [0, 0.1) is 0 Å². The van der Waals surface area contributed by atoms with Gasteiger partial charge in [0.2, 0.25) is 0 Å². The molecule has 0 amide bonds. The Balaban J connectivity index is 2.49. The summed E-state index contributed by atoms with van der Waals surface area (Å²) in [5, 5.41) is 3.29. The molecule has 0 atom stereocenters. The highest BCUT2D eigenvalue weighted by atomic mass is 35.5. The first-order valence-corrected chi connectivity index (χ1v) is 7.89. The van der Waals surface area contributed by atoms with Gasteiger partial charge >= 0.3 is 0 Å². The molecule has 3 aromatic rings. The third-order valence-electron chi connectivity index (χ3n) is 3.53. The number of hydrogen-bond donors (Lipinski definition) is 0. The van der Waals surface area contributed by atoms with E-state index in [4.69, 9.17) is 34.8 Å². The summed E-state index contributed by atoms with van der Waals surface area (Å²) in [5.74, 6) is 1.41. The number of hydrogen-bond acceptors (Lipinski definition) is 1. The Morgan fingerprint density at radius 3 is 2.25 bits per heavy atom. The molecule has 0 saturated carbocycles. The van der Waals surface area contributed by atoms with Crippen molar-refractivity contribution < 1.29 is 0 Å². The summed E-state index contributed by atoms with van der Waals surface area (Å²) in [6, 6.07) is 10.1. The van der Waals surface area contributed by atoms with Gasteiger partial charge in [-0.2, -0.15) is 0 Å². The first-order chi connectivity index (χ1) is 9.78. The first-order valence-electron chi connectivity index (χ1n) is 6.28. The van der Waals surface area contributed by atoms with Gasteiger partial charge in [-0.05, 0) is 34.2 Å². The summed E-state index contributed by atoms with van der Waals surface area (Å²) in [5.41, 5.74) is 4.19. The lowest BCUT2D eigenvalue weighted by Crippen LogP contribution is -1.92. The molecule has 0 radical (unpaired) electrons. The fraction of sp³-hybridized carbons (Fsp3) is 0.188. The Morgan fingerprint density at radius 1 is 0.800 bits per heavy atom. The summed E-state index contributed by atoms with van der Waals surface area (Å²) in [4.78, 5) is 4.52. The molecule has 0 aliphatic carbocycles. The van der Waals surface area contributed by atoms with Crippen LogP contribution in [0.5, 0.6) is 0 Å². The molecule has 0 aliphatic heterocycles. The number of nitrogens with zero attached hydrogens (tertiary/aromatic N) is 1. The van der Waals surface area contributed by atoms with Crippen LogP contribution in [-0.4, -0.2) is 4.98 Å². The van der Waals surface area contributed by atoms with E-state index in [1.807, 2.05) is 30.5 Å². The molecule has 0 bridgehead atoms. The number of aromatic nitrogens is 1. The maximum atomic E-state index is 6.10. The van der Waals surface area contributed by atoms with Gasteiger partial charge in [-0.15, -0.1) is 34.8 Å². The second kappa shape index (κ2) is 5.77. The van der Waals surface area contributed by atoms with Gasteiger partial charge in [0.25, 0.3) is 0 Å². The molecule has 0 aliphatic rings. The molecule has 0 fully saturated rings. The van der Waals surface area contributed by atoms with Crippen LogP contribution in [0.15, 0.2) is 36.5 Å². The van der Waals surface area contributed by atoms with E-state index in [1.165, 1.54) is 0 Å². The van der Waals surface area contributed by atoms with E-state index in [1.54, 1.807) is 0 Å². The molecule has 0 spiro atoms. The van der Waals surface area contributed by atoms with Crippen molar-refractivity contribution in [1.29, 1.82) is 0 Å². The Kier molecular flexibility index (Phi) is 4.02. The fourth-order valence-electron chi connectivity index (χ4n) is 2.51. The zero-order chi connectivity index (χ0) is 14.1. The second-order valence-electron chi connectivity index (χ2n) is 4.68. The maximum Gasteiger partial charge on any atom is 0.0708 e. The molecule has 0 unspecified atom stereocenters. The van der Waals surface area contributed by atoms with E-state index < -0.39 is 0 Å². The van der Waals surface area contributed by atoms with E-state index >= 15 is 0 Å². The van der Waals surface area contributed by atoms with Crippen LogP contribution in [-0.2, 0) is 17.6 Å². The first kappa shape index (κ1) is 13.9. The smallest absolute Gasteiger partial charge is 0.0708 e. The number of fused-ring (bicyclic) bond motifs is 3. The third-order valence-corrected chi connectivity index (χ3v) is 4.41. The van der Waals surface area contributed by atoms with Gasteiger partial charge < -0.3 is 0 Å².